The molecule has 0 spiro atoms. The molecule has 1 aliphatic heterocycles. The molecule has 1 unspecified atom stereocenters. The molecule has 8 aromatic rings. The largest absolute Gasteiger partial charge is 0.358 e. The van der Waals surface area contributed by atoms with Gasteiger partial charge in [0, 0.05) is 31.8 Å². The first kappa shape index (κ1) is 21.9. The molecule has 0 saturated heterocycles. The van der Waals surface area contributed by atoms with E-state index in [0.29, 0.717) is 0 Å². The highest BCUT2D eigenvalue weighted by Crippen LogP contribution is 2.48. The molecule has 0 fully saturated rings. The fourth-order valence-electron chi connectivity index (χ4n) is 6.54. The van der Waals surface area contributed by atoms with Gasteiger partial charge in [-0.05, 0) is 35.0 Å². The lowest BCUT2D eigenvalue weighted by Gasteiger charge is -2.30. The summed E-state index contributed by atoms with van der Waals surface area (Å²) in [7, 11) is 0. The lowest BCUT2D eigenvalue weighted by molar-refractivity contribution is 0.761. The van der Waals surface area contributed by atoms with Gasteiger partial charge in [-0.3, -0.25) is 0 Å². The molecular weight excluding hydrogens is 506 g/mol. The molecular formula is C36H23N3S. The monoisotopic (exact) mass is 529 g/mol. The van der Waals surface area contributed by atoms with Crippen LogP contribution in [0, 0.1) is 0 Å². The molecule has 0 aliphatic carbocycles. The van der Waals surface area contributed by atoms with Gasteiger partial charge in [-0.1, -0.05) is 103 Å². The minimum atomic E-state index is -0.186. The fraction of sp³-hybridized carbons (Fsp3) is 0.0278. The zero-order valence-electron chi connectivity index (χ0n) is 21.5. The molecule has 4 heteroatoms. The first-order valence-corrected chi connectivity index (χ1v) is 14.4. The molecule has 2 aromatic heterocycles. The Morgan fingerprint density at radius 3 is 2.10 bits per heavy atom. The third kappa shape index (κ3) is 2.97. The Kier molecular flexibility index (Phi) is 4.54. The molecule has 0 saturated carbocycles. The van der Waals surface area contributed by atoms with E-state index in [1.165, 1.54) is 52.8 Å². The Bertz CT molecular complexity index is 2310. The lowest BCUT2D eigenvalue weighted by atomic mass is 9.99. The van der Waals surface area contributed by atoms with E-state index in [2.05, 4.69) is 137 Å². The normalized spacial score (nSPS) is 15.1. The van der Waals surface area contributed by atoms with Gasteiger partial charge in [0.15, 0.2) is 0 Å². The van der Waals surface area contributed by atoms with Crippen molar-refractivity contribution in [3.63, 3.8) is 0 Å². The van der Waals surface area contributed by atoms with Crippen LogP contribution in [0.15, 0.2) is 132 Å². The van der Waals surface area contributed by atoms with Crippen molar-refractivity contribution in [2.24, 2.45) is 4.99 Å². The number of nitrogens with one attached hydrogen (secondary N) is 1. The molecule has 3 heterocycles. The highest BCUT2D eigenvalue weighted by molar-refractivity contribution is 7.27. The number of hydrogen-bond acceptors (Lipinski definition) is 3. The lowest BCUT2D eigenvalue weighted by Crippen LogP contribution is -2.30. The number of para-hydroxylation sites is 3. The van der Waals surface area contributed by atoms with Crippen LogP contribution in [0.1, 0.15) is 11.7 Å². The minimum Gasteiger partial charge on any atom is -0.358 e. The summed E-state index contributed by atoms with van der Waals surface area (Å²) in [5, 5.41) is 11.7. The van der Waals surface area contributed by atoms with Gasteiger partial charge in [0.2, 0.25) is 0 Å². The third-order valence-electron chi connectivity index (χ3n) is 8.21. The maximum atomic E-state index is 5.29. The number of thiophene rings is 1. The average molecular weight is 530 g/mol. The van der Waals surface area contributed by atoms with E-state index >= 15 is 0 Å². The second-order valence-electron chi connectivity index (χ2n) is 10.4. The van der Waals surface area contributed by atoms with Crippen molar-refractivity contribution in [1.29, 1.82) is 0 Å². The molecule has 3 nitrogen and oxygen atoms in total. The zero-order valence-corrected chi connectivity index (χ0v) is 22.3. The van der Waals surface area contributed by atoms with Gasteiger partial charge >= 0.3 is 0 Å². The van der Waals surface area contributed by atoms with Gasteiger partial charge in [-0.25, -0.2) is 4.99 Å². The zero-order chi connectivity index (χ0) is 26.2. The standard InChI is InChI=1S/C36H23N3S/c1-2-12-22(13-3-1)33-36(38-28-19-9-8-18-27(28)37-33)39-29-20-10-6-16-25(29)31-23-14-4-5-15-24(23)32-26-17-7-11-21-30(26)40-35(32)34(31)39/h1-21,36,38H. The van der Waals surface area contributed by atoms with Crippen molar-refractivity contribution < 1.29 is 0 Å². The first-order valence-electron chi connectivity index (χ1n) is 13.6. The fourth-order valence-corrected chi connectivity index (χ4v) is 7.81. The van der Waals surface area contributed by atoms with Crippen LogP contribution in [0.3, 0.4) is 0 Å². The summed E-state index contributed by atoms with van der Waals surface area (Å²) >= 11 is 1.89. The quantitative estimate of drug-likeness (QED) is 0.237. The van der Waals surface area contributed by atoms with Gasteiger partial charge in [-0.15, -0.1) is 11.3 Å². The van der Waals surface area contributed by atoms with Crippen molar-refractivity contribution in [1.82, 2.24) is 4.57 Å². The van der Waals surface area contributed by atoms with Crippen molar-refractivity contribution in [3.05, 3.63) is 133 Å². The Labute approximate surface area is 234 Å². The number of nitrogens with zero attached hydrogens (tertiary/aromatic N) is 2. The van der Waals surface area contributed by atoms with E-state index in [1.807, 2.05) is 11.3 Å². The maximum Gasteiger partial charge on any atom is 0.148 e. The Morgan fingerprint density at radius 1 is 0.600 bits per heavy atom. The summed E-state index contributed by atoms with van der Waals surface area (Å²) < 4.78 is 5.14. The highest BCUT2D eigenvalue weighted by atomic mass is 32.1. The van der Waals surface area contributed by atoms with Crippen molar-refractivity contribution >= 4 is 81.2 Å². The predicted octanol–water partition coefficient (Wildman–Crippen LogP) is 10.1. The smallest absolute Gasteiger partial charge is 0.148 e. The summed E-state index contributed by atoms with van der Waals surface area (Å²) in [4.78, 5) is 5.29. The van der Waals surface area contributed by atoms with E-state index < -0.39 is 0 Å². The topological polar surface area (TPSA) is 29.3 Å². The molecule has 0 bridgehead atoms. The predicted molar refractivity (Wildman–Crippen MR) is 172 cm³/mol. The average Bonchev–Trinajstić information content (AvgIpc) is 3.58. The Hall–Kier alpha value is -4.93. The number of fused-ring (bicyclic) bond motifs is 11. The number of aliphatic imine (C=N–C) groups is 1. The van der Waals surface area contributed by atoms with E-state index in [9.17, 15) is 0 Å². The molecule has 188 valence electrons. The maximum absolute atomic E-state index is 5.29. The molecule has 40 heavy (non-hydrogen) atoms. The van der Waals surface area contributed by atoms with Crippen LogP contribution in [0.25, 0.3) is 52.8 Å². The van der Waals surface area contributed by atoms with Crippen LogP contribution in [-0.4, -0.2) is 10.3 Å². The van der Waals surface area contributed by atoms with E-state index in [0.717, 1.165) is 22.6 Å². The number of rotatable bonds is 2. The number of benzene rings is 6. The molecule has 6 aromatic carbocycles. The van der Waals surface area contributed by atoms with Crippen LogP contribution in [0.4, 0.5) is 11.4 Å². The summed E-state index contributed by atoms with van der Waals surface area (Å²) in [6.45, 7) is 0. The minimum absolute atomic E-state index is 0.186. The van der Waals surface area contributed by atoms with Crippen LogP contribution < -0.4 is 5.32 Å². The molecule has 0 radical (unpaired) electrons. The van der Waals surface area contributed by atoms with E-state index in [1.54, 1.807) is 0 Å². The number of hydrogen-bond donors (Lipinski definition) is 1. The molecule has 0 amide bonds. The van der Waals surface area contributed by atoms with Crippen molar-refractivity contribution in [3.8, 4) is 0 Å². The third-order valence-corrected chi connectivity index (χ3v) is 9.39. The van der Waals surface area contributed by atoms with Crippen molar-refractivity contribution in [2.75, 3.05) is 5.32 Å². The van der Waals surface area contributed by atoms with Crippen LogP contribution in [-0.2, 0) is 0 Å². The van der Waals surface area contributed by atoms with E-state index in [-0.39, 0.29) is 6.17 Å². The molecule has 1 atom stereocenters. The summed E-state index contributed by atoms with van der Waals surface area (Å²) in [6.07, 6.45) is -0.186. The van der Waals surface area contributed by atoms with Gasteiger partial charge < -0.3 is 9.88 Å². The van der Waals surface area contributed by atoms with Gasteiger partial charge in [0.25, 0.3) is 0 Å². The van der Waals surface area contributed by atoms with Crippen LogP contribution in [0.5, 0.6) is 0 Å². The van der Waals surface area contributed by atoms with Gasteiger partial charge in [0.05, 0.1) is 32.8 Å². The van der Waals surface area contributed by atoms with Gasteiger partial charge in [-0.2, -0.15) is 0 Å². The summed E-state index contributed by atoms with van der Waals surface area (Å²) in [6, 6.07) is 45.5. The Balaban J connectivity index is 1.50. The van der Waals surface area contributed by atoms with Gasteiger partial charge in [0.1, 0.15) is 6.17 Å². The van der Waals surface area contributed by atoms with Crippen molar-refractivity contribution in [2.45, 2.75) is 6.17 Å². The van der Waals surface area contributed by atoms with E-state index in [4.69, 9.17) is 4.99 Å². The molecule has 1 N–H and O–H groups in total. The van der Waals surface area contributed by atoms with Crippen LogP contribution in [0.2, 0.25) is 0 Å². The second-order valence-corrected chi connectivity index (χ2v) is 11.4. The number of aromatic nitrogens is 1. The van der Waals surface area contributed by atoms with Crippen LogP contribution >= 0.6 is 11.3 Å². The highest BCUT2D eigenvalue weighted by Gasteiger charge is 2.30. The SMILES string of the molecule is c1ccc(C2=Nc3ccccc3NC2n2c3ccccc3c3c4ccccc4c4c5ccccc5sc4c32)cc1. The Morgan fingerprint density at radius 2 is 1.25 bits per heavy atom. The summed E-state index contributed by atoms with van der Waals surface area (Å²) in [5.41, 5.74) is 6.62. The molecule has 9 rings (SSSR count). The molecule has 1 aliphatic rings. The number of anilines is 1. The summed E-state index contributed by atoms with van der Waals surface area (Å²) in [5.74, 6) is 0. The first-order chi connectivity index (χ1) is 19.9. The second kappa shape index (κ2) is 8.28.